The predicted molar refractivity (Wildman–Crippen MR) is 72.7 cm³/mol. The van der Waals surface area contributed by atoms with E-state index in [2.05, 4.69) is 16.9 Å². The lowest BCUT2D eigenvalue weighted by atomic mass is 10.2. The number of carbonyl (C=O) groups is 1. The molecule has 1 heterocycles. The van der Waals surface area contributed by atoms with Crippen molar-refractivity contribution >= 4 is 28.9 Å². The van der Waals surface area contributed by atoms with Gasteiger partial charge in [0.1, 0.15) is 0 Å². The second kappa shape index (κ2) is 5.50. The van der Waals surface area contributed by atoms with Crippen LogP contribution in [0.4, 0.5) is 0 Å². The van der Waals surface area contributed by atoms with Gasteiger partial charge in [-0.3, -0.25) is 9.79 Å². The highest BCUT2D eigenvalue weighted by molar-refractivity contribution is 8.18. The average molecular weight is 244 g/mol. The van der Waals surface area contributed by atoms with E-state index in [1.165, 1.54) is 11.8 Å². The topological polar surface area (TPSA) is 41.5 Å². The molecule has 4 heteroatoms. The van der Waals surface area contributed by atoms with Crippen LogP contribution in [0.1, 0.15) is 5.56 Å². The van der Waals surface area contributed by atoms with Crippen LogP contribution in [0, 0.1) is 0 Å². The zero-order valence-corrected chi connectivity index (χ0v) is 10.0. The molecule has 0 atom stereocenters. The van der Waals surface area contributed by atoms with Crippen molar-refractivity contribution in [3.05, 3.63) is 53.5 Å². The van der Waals surface area contributed by atoms with Crippen molar-refractivity contribution < 1.29 is 4.79 Å². The van der Waals surface area contributed by atoms with Crippen LogP contribution < -0.4 is 5.32 Å². The summed E-state index contributed by atoms with van der Waals surface area (Å²) in [6.45, 7) is 4.10. The summed E-state index contributed by atoms with van der Waals surface area (Å²) in [6.07, 6.45) is 3.55. The highest BCUT2D eigenvalue weighted by Gasteiger charge is 2.23. The minimum Gasteiger partial charge on any atom is -0.301 e. The maximum Gasteiger partial charge on any atom is 0.264 e. The summed E-state index contributed by atoms with van der Waals surface area (Å²) < 4.78 is 0. The van der Waals surface area contributed by atoms with Crippen LogP contribution in [-0.2, 0) is 4.79 Å². The molecule has 1 fully saturated rings. The Hall–Kier alpha value is -1.81. The third kappa shape index (κ3) is 3.07. The molecule has 0 spiro atoms. The molecule has 3 nitrogen and oxygen atoms in total. The molecule has 0 bridgehead atoms. The number of hydrogen-bond acceptors (Lipinski definition) is 3. The summed E-state index contributed by atoms with van der Waals surface area (Å²) in [7, 11) is 0. The average Bonchev–Trinajstić information content (AvgIpc) is 2.69. The van der Waals surface area contributed by atoms with Crippen molar-refractivity contribution in [2.45, 2.75) is 0 Å². The van der Waals surface area contributed by atoms with Crippen molar-refractivity contribution in [2.24, 2.45) is 4.99 Å². The molecule has 0 saturated carbocycles. The Morgan fingerprint density at radius 3 is 2.82 bits per heavy atom. The fraction of sp³-hybridized carbons (Fsp3) is 0.0769. The van der Waals surface area contributed by atoms with Gasteiger partial charge in [0.2, 0.25) is 0 Å². The van der Waals surface area contributed by atoms with Crippen molar-refractivity contribution in [1.82, 2.24) is 5.32 Å². The van der Waals surface area contributed by atoms with E-state index in [0.29, 0.717) is 16.6 Å². The molecule has 1 amide bonds. The molecule has 1 N–H and O–H groups in total. The first-order chi connectivity index (χ1) is 8.29. The highest BCUT2D eigenvalue weighted by atomic mass is 32.2. The van der Waals surface area contributed by atoms with Gasteiger partial charge in [-0.25, -0.2) is 0 Å². The summed E-state index contributed by atoms with van der Waals surface area (Å²) in [5.74, 6) is -0.0957. The Labute approximate surface area is 104 Å². The van der Waals surface area contributed by atoms with Gasteiger partial charge in [-0.05, 0) is 23.4 Å². The molecule has 1 aromatic carbocycles. The van der Waals surface area contributed by atoms with E-state index in [4.69, 9.17) is 0 Å². The number of amidine groups is 1. The van der Waals surface area contributed by atoms with Gasteiger partial charge in [0.25, 0.3) is 5.91 Å². The first-order valence-corrected chi connectivity index (χ1v) is 6.02. The van der Waals surface area contributed by atoms with Gasteiger partial charge < -0.3 is 5.32 Å². The van der Waals surface area contributed by atoms with E-state index in [1.807, 2.05) is 36.4 Å². The van der Waals surface area contributed by atoms with E-state index in [9.17, 15) is 4.79 Å². The van der Waals surface area contributed by atoms with Crippen LogP contribution in [0.3, 0.4) is 0 Å². The Kier molecular flexibility index (Phi) is 3.77. The number of rotatable bonds is 3. The normalized spacial score (nSPS) is 19.6. The van der Waals surface area contributed by atoms with Crippen LogP contribution >= 0.6 is 11.8 Å². The van der Waals surface area contributed by atoms with Crippen LogP contribution in [0.25, 0.3) is 6.08 Å². The zero-order valence-electron chi connectivity index (χ0n) is 9.22. The van der Waals surface area contributed by atoms with Gasteiger partial charge in [0, 0.05) is 0 Å². The van der Waals surface area contributed by atoms with Crippen molar-refractivity contribution in [3.63, 3.8) is 0 Å². The summed E-state index contributed by atoms with van der Waals surface area (Å²) in [4.78, 5) is 16.5. The van der Waals surface area contributed by atoms with Crippen molar-refractivity contribution in [1.29, 1.82) is 0 Å². The quantitative estimate of drug-likeness (QED) is 0.655. The third-order valence-electron chi connectivity index (χ3n) is 2.11. The summed E-state index contributed by atoms with van der Waals surface area (Å²) in [5, 5.41) is 3.35. The number of amides is 1. The number of thioether (sulfide) groups is 1. The van der Waals surface area contributed by atoms with Crippen LogP contribution in [0.15, 0.2) is 52.9 Å². The number of hydrogen-bond donors (Lipinski definition) is 1. The Balaban J connectivity index is 2.16. The molecule has 0 unspecified atom stereocenters. The van der Waals surface area contributed by atoms with Gasteiger partial charge in [-0.2, -0.15) is 0 Å². The molecular formula is C13H12N2OS. The first-order valence-electron chi connectivity index (χ1n) is 5.21. The van der Waals surface area contributed by atoms with Crippen LogP contribution in [0.2, 0.25) is 0 Å². The van der Waals surface area contributed by atoms with E-state index < -0.39 is 0 Å². The number of nitrogens with one attached hydrogen (secondary N) is 1. The predicted octanol–water partition coefficient (Wildman–Crippen LogP) is 2.43. The molecule has 17 heavy (non-hydrogen) atoms. The van der Waals surface area contributed by atoms with Gasteiger partial charge in [0.05, 0.1) is 11.4 Å². The van der Waals surface area contributed by atoms with Crippen molar-refractivity contribution in [3.8, 4) is 0 Å². The molecule has 0 aromatic heterocycles. The molecule has 1 aliphatic heterocycles. The number of carbonyl (C=O) groups excluding carboxylic acids is 1. The largest absolute Gasteiger partial charge is 0.301 e. The maximum atomic E-state index is 11.6. The van der Waals surface area contributed by atoms with Gasteiger partial charge >= 0.3 is 0 Å². The number of benzene rings is 1. The smallest absolute Gasteiger partial charge is 0.264 e. The van der Waals surface area contributed by atoms with Gasteiger partial charge in [0.15, 0.2) is 5.17 Å². The van der Waals surface area contributed by atoms with E-state index in [0.717, 1.165) is 5.56 Å². The molecule has 1 aromatic rings. The van der Waals surface area contributed by atoms with Crippen LogP contribution in [0.5, 0.6) is 0 Å². The molecular weight excluding hydrogens is 232 g/mol. The molecule has 0 aliphatic carbocycles. The Morgan fingerprint density at radius 1 is 1.35 bits per heavy atom. The first kappa shape index (κ1) is 11.7. The highest BCUT2D eigenvalue weighted by Crippen LogP contribution is 2.25. The Morgan fingerprint density at radius 2 is 2.12 bits per heavy atom. The molecule has 2 rings (SSSR count). The SMILES string of the molecule is C=CCN=C1NC(=O)/C(=C/c2ccccc2)S1. The Bertz CT molecular complexity index is 491. The number of nitrogens with zero attached hydrogens (tertiary/aromatic N) is 1. The fourth-order valence-corrected chi connectivity index (χ4v) is 2.18. The summed E-state index contributed by atoms with van der Waals surface area (Å²) >= 11 is 1.36. The van der Waals surface area contributed by atoms with Gasteiger partial charge in [-0.1, -0.05) is 36.4 Å². The third-order valence-corrected chi connectivity index (χ3v) is 3.06. The minimum atomic E-state index is -0.0957. The van der Waals surface area contributed by atoms with Crippen LogP contribution in [-0.4, -0.2) is 17.6 Å². The standard InChI is InChI=1S/C13H12N2OS/c1-2-8-14-13-15-12(16)11(17-13)9-10-6-4-3-5-7-10/h2-7,9H,1,8H2,(H,14,15,16)/b11-9-. The molecule has 86 valence electrons. The summed E-state index contributed by atoms with van der Waals surface area (Å²) in [6, 6.07) is 9.74. The van der Waals surface area contributed by atoms with E-state index >= 15 is 0 Å². The lowest BCUT2D eigenvalue weighted by molar-refractivity contribution is -0.115. The molecule has 1 aliphatic rings. The van der Waals surface area contributed by atoms with Crippen molar-refractivity contribution in [2.75, 3.05) is 6.54 Å². The van der Waals surface area contributed by atoms with E-state index in [-0.39, 0.29) is 5.91 Å². The maximum absolute atomic E-state index is 11.6. The second-order valence-corrected chi connectivity index (χ2v) is 4.44. The second-order valence-electron chi connectivity index (χ2n) is 3.41. The lowest BCUT2D eigenvalue weighted by Crippen LogP contribution is -2.19. The summed E-state index contributed by atoms with van der Waals surface area (Å²) in [5.41, 5.74) is 1.01. The minimum absolute atomic E-state index is 0.0957. The fourth-order valence-electron chi connectivity index (χ4n) is 1.35. The van der Waals surface area contributed by atoms with Gasteiger partial charge in [-0.15, -0.1) is 6.58 Å². The molecule has 0 radical (unpaired) electrons. The molecule has 1 saturated heterocycles. The monoisotopic (exact) mass is 244 g/mol. The number of aliphatic imine (C=N–C) groups is 1. The zero-order chi connectivity index (χ0) is 12.1. The van der Waals surface area contributed by atoms with E-state index in [1.54, 1.807) is 6.08 Å². The lowest BCUT2D eigenvalue weighted by Gasteiger charge is -1.93.